The van der Waals surface area contributed by atoms with Crippen LogP contribution in [0.3, 0.4) is 0 Å². The van der Waals surface area contributed by atoms with Gasteiger partial charge in [0, 0.05) is 6.07 Å². The van der Waals surface area contributed by atoms with Crippen molar-refractivity contribution < 1.29 is 36.9 Å². The zero-order valence-corrected chi connectivity index (χ0v) is 22.4. The quantitative estimate of drug-likeness (QED) is 0.273. The smallest absolute Gasteiger partial charge is 0.264 e. The number of ether oxygens (including phenoxy) is 5. The Morgan fingerprint density at radius 2 is 1.37 bits per heavy atom. The Morgan fingerprint density at radius 3 is 1.95 bits per heavy atom. The average Bonchev–Trinajstić information content (AvgIpc) is 2.95. The van der Waals surface area contributed by atoms with Crippen LogP contribution in [0.1, 0.15) is 5.56 Å². The topological polar surface area (TPSA) is 125 Å². The number of rotatable bonds is 12. The molecule has 0 aromatic heterocycles. The highest BCUT2D eigenvalue weighted by molar-refractivity contribution is 7.92. The lowest BCUT2D eigenvalue weighted by Gasteiger charge is -2.24. The summed E-state index contributed by atoms with van der Waals surface area (Å²) in [6.45, 7) is -0.549. The van der Waals surface area contributed by atoms with Gasteiger partial charge in [0.25, 0.3) is 15.9 Å². The summed E-state index contributed by atoms with van der Waals surface area (Å²) in [4.78, 5) is 12.7. The molecule has 0 unspecified atom stereocenters. The van der Waals surface area contributed by atoms with Gasteiger partial charge < -0.3 is 23.7 Å². The third-order valence-electron chi connectivity index (χ3n) is 5.40. The van der Waals surface area contributed by atoms with Crippen LogP contribution in [0.4, 0.5) is 5.69 Å². The van der Waals surface area contributed by atoms with Gasteiger partial charge in [-0.15, -0.1) is 0 Å². The molecule has 3 aromatic rings. The summed E-state index contributed by atoms with van der Waals surface area (Å²) >= 11 is 0. The van der Waals surface area contributed by atoms with E-state index in [2.05, 4.69) is 10.5 Å². The largest absolute Gasteiger partial charge is 0.497 e. The van der Waals surface area contributed by atoms with Crippen molar-refractivity contribution in [1.82, 2.24) is 5.43 Å². The summed E-state index contributed by atoms with van der Waals surface area (Å²) in [5, 5.41) is 3.95. The second-order valence-electron chi connectivity index (χ2n) is 7.63. The van der Waals surface area contributed by atoms with Gasteiger partial charge in [0.05, 0.1) is 52.3 Å². The van der Waals surface area contributed by atoms with Crippen molar-refractivity contribution in [2.24, 2.45) is 5.10 Å². The first-order valence-electron chi connectivity index (χ1n) is 11.2. The number of carbonyl (C=O) groups is 1. The van der Waals surface area contributed by atoms with Crippen molar-refractivity contribution in [1.29, 1.82) is 0 Å². The molecule has 0 bridgehead atoms. The predicted octanol–water partition coefficient (Wildman–Crippen LogP) is 3.08. The van der Waals surface area contributed by atoms with Crippen LogP contribution >= 0.6 is 0 Å². The van der Waals surface area contributed by atoms with Crippen LogP contribution in [0.2, 0.25) is 0 Å². The Hall–Kier alpha value is -4.45. The first kappa shape index (κ1) is 28.1. The molecule has 1 amide bonds. The van der Waals surface area contributed by atoms with Crippen LogP contribution in [-0.4, -0.2) is 62.6 Å². The third kappa shape index (κ3) is 6.45. The number of hydrogen-bond donors (Lipinski definition) is 1. The maximum Gasteiger partial charge on any atom is 0.264 e. The summed E-state index contributed by atoms with van der Waals surface area (Å²) < 4.78 is 54.4. The van der Waals surface area contributed by atoms with Gasteiger partial charge in [-0.05, 0) is 60.2 Å². The molecule has 0 saturated heterocycles. The van der Waals surface area contributed by atoms with E-state index in [0.717, 1.165) is 4.31 Å². The van der Waals surface area contributed by atoms with Crippen LogP contribution in [0.25, 0.3) is 0 Å². The number of hydrazone groups is 1. The highest BCUT2D eigenvalue weighted by Crippen LogP contribution is 2.32. The summed E-state index contributed by atoms with van der Waals surface area (Å²) in [6, 6.07) is 15.6. The molecule has 3 aromatic carbocycles. The van der Waals surface area contributed by atoms with E-state index in [4.69, 9.17) is 23.7 Å². The van der Waals surface area contributed by atoms with Crippen LogP contribution in [-0.2, 0) is 14.8 Å². The number of carbonyl (C=O) groups excluding carboxylic acids is 1. The number of amides is 1. The maximum absolute atomic E-state index is 13.7. The summed E-state index contributed by atoms with van der Waals surface area (Å²) in [7, 11) is 3.17. The lowest BCUT2D eigenvalue weighted by atomic mass is 10.2. The molecule has 0 aliphatic carbocycles. The molecule has 0 heterocycles. The molecule has 0 aliphatic rings. The molecule has 0 radical (unpaired) electrons. The molecule has 0 atom stereocenters. The molecule has 0 aliphatic heterocycles. The third-order valence-corrected chi connectivity index (χ3v) is 7.17. The zero-order valence-electron chi connectivity index (χ0n) is 21.6. The standard InChI is InChI=1S/C26H29N3O8S/c1-33-20-9-7-19(8-10-20)29(38(31,32)21-11-13-23(35-3)25(15-21)37-5)17-26(30)28-27-16-18-6-12-22(34-2)24(14-18)36-4/h6-16H,17H2,1-5H3,(H,28,30)/b27-16-. The van der Waals surface area contributed by atoms with E-state index in [1.165, 1.54) is 72.1 Å². The number of benzene rings is 3. The fourth-order valence-corrected chi connectivity index (χ4v) is 4.88. The minimum absolute atomic E-state index is 0.0902. The average molecular weight is 544 g/mol. The van der Waals surface area contributed by atoms with Crippen LogP contribution in [0, 0.1) is 0 Å². The summed E-state index contributed by atoms with van der Waals surface area (Å²) in [6.07, 6.45) is 1.40. The fraction of sp³-hybridized carbons (Fsp3) is 0.231. The van der Waals surface area contributed by atoms with E-state index in [1.54, 1.807) is 30.3 Å². The molecule has 0 fully saturated rings. The highest BCUT2D eigenvalue weighted by atomic mass is 32.2. The maximum atomic E-state index is 13.7. The first-order valence-corrected chi connectivity index (χ1v) is 12.6. The molecular formula is C26H29N3O8S. The zero-order chi connectivity index (χ0) is 27.7. The SMILES string of the molecule is COc1ccc(N(CC(=O)N/N=C\c2ccc(OC)c(OC)c2)S(=O)(=O)c2ccc(OC)c(OC)c2)cc1. The number of nitrogens with zero attached hydrogens (tertiary/aromatic N) is 2. The van der Waals surface area contributed by atoms with Crippen molar-refractivity contribution in [3.05, 3.63) is 66.2 Å². The number of hydrogen-bond acceptors (Lipinski definition) is 9. The van der Waals surface area contributed by atoms with Gasteiger partial charge in [-0.3, -0.25) is 9.10 Å². The van der Waals surface area contributed by atoms with E-state index >= 15 is 0 Å². The number of anilines is 1. The minimum Gasteiger partial charge on any atom is -0.497 e. The van der Waals surface area contributed by atoms with Gasteiger partial charge in [0.1, 0.15) is 12.3 Å². The fourth-order valence-electron chi connectivity index (χ4n) is 3.45. The van der Waals surface area contributed by atoms with E-state index < -0.39 is 22.5 Å². The second-order valence-corrected chi connectivity index (χ2v) is 9.50. The monoisotopic (exact) mass is 543 g/mol. The predicted molar refractivity (Wildman–Crippen MR) is 142 cm³/mol. The number of sulfonamides is 1. The lowest BCUT2D eigenvalue weighted by Crippen LogP contribution is -2.39. The lowest BCUT2D eigenvalue weighted by molar-refractivity contribution is -0.119. The van der Waals surface area contributed by atoms with Crippen molar-refractivity contribution in [3.63, 3.8) is 0 Å². The minimum atomic E-state index is -4.21. The molecule has 11 nitrogen and oxygen atoms in total. The molecule has 0 spiro atoms. The molecule has 38 heavy (non-hydrogen) atoms. The van der Waals surface area contributed by atoms with Crippen LogP contribution < -0.4 is 33.4 Å². The molecule has 1 N–H and O–H groups in total. The second kappa shape index (κ2) is 12.7. The molecule has 3 rings (SSSR count). The van der Waals surface area contributed by atoms with Gasteiger partial charge in [-0.2, -0.15) is 5.10 Å². The van der Waals surface area contributed by atoms with E-state index in [-0.39, 0.29) is 16.3 Å². The highest BCUT2D eigenvalue weighted by Gasteiger charge is 2.28. The molecule has 0 saturated carbocycles. The molecule has 202 valence electrons. The van der Waals surface area contributed by atoms with Gasteiger partial charge in [-0.1, -0.05) is 0 Å². The van der Waals surface area contributed by atoms with Crippen LogP contribution in [0.5, 0.6) is 28.7 Å². The summed E-state index contributed by atoms with van der Waals surface area (Å²) in [5.41, 5.74) is 3.25. The molecular weight excluding hydrogens is 514 g/mol. The van der Waals surface area contributed by atoms with Gasteiger partial charge in [-0.25, -0.2) is 13.8 Å². The van der Waals surface area contributed by atoms with Crippen molar-refractivity contribution >= 4 is 27.8 Å². The van der Waals surface area contributed by atoms with Crippen molar-refractivity contribution in [2.45, 2.75) is 4.90 Å². The van der Waals surface area contributed by atoms with Gasteiger partial charge in [0.2, 0.25) is 0 Å². The Morgan fingerprint density at radius 1 is 0.789 bits per heavy atom. The summed E-state index contributed by atoms with van der Waals surface area (Å²) in [5.74, 6) is 1.50. The Balaban J connectivity index is 1.88. The number of nitrogens with one attached hydrogen (secondary N) is 1. The Kier molecular flexibility index (Phi) is 9.39. The van der Waals surface area contributed by atoms with E-state index in [1.807, 2.05) is 0 Å². The first-order chi connectivity index (χ1) is 18.3. The normalized spacial score (nSPS) is 11.1. The van der Waals surface area contributed by atoms with Crippen LogP contribution in [0.15, 0.2) is 70.7 Å². The van der Waals surface area contributed by atoms with E-state index in [0.29, 0.717) is 28.6 Å². The Bertz CT molecular complexity index is 1390. The van der Waals surface area contributed by atoms with Crippen molar-refractivity contribution in [3.8, 4) is 28.7 Å². The Labute approximate surface area is 221 Å². The van der Waals surface area contributed by atoms with Gasteiger partial charge >= 0.3 is 0 Å². The van der Waals surface area contributed by atoms with Gasteiger partial charge in [0.15, 0.2) is 23.0 Å². The van der Waals surface area contributed by atoms with E-state index in [9.17, 15) is 13.2 Å². The number of methoxy groups -OCH3 is 5. The van der Waals surface area contributed by atoms with Crippen molar-refractivity contribution in [2.75, 3.05) is 46.4 Å². The molecule has 12 heteroatoms.